The van der Waals surface area contributed by atoms with E-state index < -0.39 is 28.2 Å². The first-order valence-electron chi connectivity index (χ1n) is 6.70. The second kappa shape index (κ2) is 5.11. The fourth-order valence-electron chi connectivity index (χ4n) is 3.71. The maximum Gasteiger partial charge on any atom is 0.311 e. The summed E-state index contributed by atoms with van der Waals surface area (Å²) in [5.74, 6) is -2.11. The highest BCUT2D eigenvalue weighted by atomic mass is 16.5. The van der Waals surface area contributed by atoms with Crippen LogP contribution in [0.3, 0.4) is 0 Å². The molecule has 1 aliphatic rings. The maximum atomic E-state index is 12.0. The number of aliphatic carboxylic acids is 2. The molecule has 0 unspecified atom stereocenters. The van der Waals surface area contributed by atoms with Crippen LogP contribution in [-0.2, 0) is 14.3 Å². The molecule has 0 aliphatic heterocycles. The Kier molecular flexibility index (Phi) is 4.22. The summed E-state index contributed by atoms with van der Waals surface area (Å²) in [5.41, 5.74) is -2.49. The molecule has 0 bridgehead atoms. The quantitative estimate of drug-likeness (QED) is 0.778. The maximum absolute atomic E-state index is 12.0. The van der Waals surface area contributed by atoms with Crippen molar-refractivity contribution in [3.8, 4) is 0 Å². The SMILES string of the molecule is COC=C1CC[C@@](C(=O)O)(C(C)(C)C)[C@@](C)(C(=O)O)C1. The van der Waals surface area contributed by atoms with Crippen LogP contribution in [0.15, 0.2) is 11.8 Å². The van der Waals surface area contributed by atoms with E-state index in [-0.39, 0.29) is 6.42 Å². The molecule has 1 rings (SSSR count). The molecular weight excluding hydrogens is 260 g/mol. The van der Waals surface area contributed by atoms with Crippen LogP contribution < -0.4 is 0 Å². The third-order valence-electron chi connectivity index (χ3n) is 4.75. The van der Waals surface area contributed by atoms with Crippen LogP contribution in [0.2, 0.25) is 0 Å². The highest BCUT2D eigenvalue weighted by molar-refractivity contribution is 5.88. The smallest absolute Gasteiger partial charge is 0.311 e. The molecule has 5 nitrogen and oxygen atoms in total. The number of carbonyl (C=O) groups is 2. The van der Waals surface area contributed by atoms with Crippen LogP contribution in [0.1, 0.15) is 47.0 Å². The molecule has 2 atom stereocenters. The molecule has 0 radical (unpaired) electrons. The summed E-state index contributed by atoms with van der Waals surface area (Å²) < 4.78 is 4.97. The van der Waals surface area contributed by atoms with E-state index in [1.807, 2.05) is 0 Å². The number of hydrogen-bond acceptors (Lipinski definition) is 3. The van der Waals surface area contributed by atoms with Gasteiger partial charge in [-0.3, -0.25) is 9.59 Å². The summed E-state index contributed by atoms with van der Waals surface area (Å²) in [7, 11) is 1.51. The van der Waals surface area contributed by atoms with Gasteiger partial charge in [0, 0.05) is 0 Å². The van der Waals surface area contributed by atoms with Crippen molar-refractivity contribution in [2.45, 2.75) is 47.0 Å². The lowest BCUT2D eigenvalue weighted by atomic mass is 9.47. The van der Waals surface area contributed by atoms with Crippen molar-refractivity contribution in [2.24, 2.45) is 16.2 Å². The van der Waals surface area contributed by atoms with Crippen molar-refractivity contribution >= 4 is 11.9 Å². The minimum Gasteiger partial charge on any atom is -0.504 e. The standard InChI is InChI=1S/C15H24O5/c1-13(2,3)15(12(18)19)7-6-10(9-20-5)8-14(15,4)11(16)17/h9H,6-8H2,1-5H3,(H,16,17)(H,18,19)/t14-,15-/m1/s1. The van der Waals surface area contributed by atoms with Gasteiger partial charge in [-0.2, -0.15) is 0 Å². The Bertz CT molecular complexity index is 446. The number of carboxylic acids is 2. The van der Waals surface area contributed by atoms with Gasteiger partial charge in [-0.25, -0.2) is 0 Å². The molecule has 0 heterocycles. The molecule has 0 aromatic carbocycles. The van der Waals surface area contributed by atoms with E-state index in [1.54, 1.807) is 20.8 Å². The van der Waals surface area contributed by atoms with E-state index in [0.29, 0.717) is 12.8 Å². The second-order valence-electron chi connectivity index (χ2n) is 6.79. The fraction of sp³-hybridized carbons (Fsp3) is 0.733. The Hall–Kier alpha value is -1.52. The fourth-order valence-corrected chi connectivity index (χ4v) is 3.71. The molecule has 20 heavy (non-hydrogen) atoms. The average Bonchev–Trinajstić information content (AvgIpc) is 2.27. The van der Waals surface area contributed by atoms with Gasteiger partial charge < -0.3 is 14.9 Å². The van der Waals surface area contributed by atoms with E-state index in [4.69, 9.17) is 4.74 Å². The van der Waals surface area contributed by atoms with Gasteiger partial charge >= 0.3 is 11.9 Å². The highest BCUT2D eigenvalue weighted by Gasteiger charge is 2.65. The number of carboxylic acid groups (broad SMARTS) is 2. The lowest BCUT2D eigenvalue weighted by Crippen LogP contribution is -2.59. The molecular formula is C15H24O5. The zero-order valence-electron chi connectivity index (χ0n) is 12.8. The Morgan fingerprint density at radius 3 is 2.15 bits per heavy atom. The van der Waals surface area contributed by atoms with Crippen LogP contribution >= 0.6 is 0 Å². The highest BCUT2D eigenvalue weighted by Crippen LogP contribution is 2.61. The monoisotopic (exact) mass is 284 g/mol. The van der Waals surface area contributed by atoms with E-state index >= 15 is 0 Å². The van der Waals surface area contributed by atoms with Crippen LogP contribution in [0.4, 0.5) is 0 Å². The first-order valence-corrected chi connectivity index (χ1v) is 6.70. The Balaban J connectivity index is 3.48. The van der Waals surface area contributed by atoms with Crippen LogP contribution in [0, 0.1) is 16.2 Å². The number of allylic oxidation sites excluding steroid dienone is 1. The van der Waals surface area contributed by atoms with Crippen molar-refractivity contribution in [3.63, 3.8) is 0 Å². The molecule has 2 N–H and O–H groups in total. The van der Waals surface area contributed by atoms with Crippen molar-refractivity contribution in [1.29, 1.82) is 0 Å². The van der Waals surface area contributed by atoms with Crippen LogP contribution in [-0.4, -0.2) is 29.3 Å². The summed E-state index contributed by atoms with van der Waals surface area (Å²) in [5, 5.41) is 19.5. The molecule has 0 aromatic rings. The zero-order valence-corrected chi connectivity index (χ0v) is 12.8. The Morgan fingerprint density at radius 2 is 1.80 bits per heavy atom. The van der Waals surface area contributed by atoms with Crippen molar-refractivity contribution < 1.29 is 24.5 Å². The van der Waals surface area contributed by atoms with E-state index in [2.05, 4.69) is 0 Å². The molecule has 0 saturated heterocycles. The van der Waals surface area contributed by atoms with Gasteiger partial charge in [0.1, 0.15) is 0 Å². The predicted octanol–water partition coefficient (Wildman–Crippen LogP) is 2.91. The first kappa shape index (κ1) is 16.5. The van der Waals surface area contributed by atoms with Crippen molar-refractivity contribution in [1.82, 2.24) is 0 Å². The summed E-state index contributed by atoms with van der Waals surface area (Å²) in [4.78, 5) is 23.9. The molecule has 1 fully saturated rings. The average molecular weight is 284 g/mol. The number of hydrogen-bond donors (Lipinski definition) is 2. The molecule has 5 heteroatoms. The van der Waals surface area contributed by atoms with Crippen molar-refractivity contribution in [2.75, 3.05) is 7.11 Å². The minimum absolute atomic E-state index is 0.194. The van der Waals surface area contributed by atoms with Gasteiger partial charge in [0.05, 0.1) is 24.2 Å². The predicted molar refractivity (Wildman–Crippen MR) is 74.2 cm³/mol. The summed E-state index contributed by atoms with van der Waals surface area (Å²) >= 11 is 0. The van der Waals surface area contributed by atoms with Crippen LogP contribution in [0.5, 0.6) is 0 Å². The molecule has 0 spiro atoms. The first-order chi connectivity index (χ1) is 9.03. The molecule has 1 saturated carbocycles. The Labute approximate surface area is 119 Å². The lowest BCUT2D eigenvalue weighted by Gasteiger charge is -2.54. The minimum atomic E-state index is -1.36. The van der Waals surface area contributed by atoms with Crippen molar-refractivity contribution in [3.05, 3.63) is 11.8 Å². The van der Waals surface area contributed by atoms with Gasteiger partial charge in [0.2, 0.25) is 0 Å². The van der Waals surface area contributed by atoms with E-state index in [1.165, 1.54) is 20.3 Å². The van der Waals surface area contributed by atoms with Gasteiger partial charge in [-0.15, -0.1) is 0 Å². The summed E-state index contributed by atoms with van der Waals surface area (Å²) in [6.07, 6.45) is 2.57. The molecule has 0 amide bonds. The molecule has 0 aromatic heterocycles. The largest absolute Gasteiger partial charge is 0.504 e. The third kappa shape index (κ3) is 2.19. The van der Waals surface area contributed by atoms with E-state index in [0.717, 1.165) is 5.57 Å². The van der Waals surface area contributed by atoms with E-state index in [9.17, 15) is 19.8 Å². The Morgan fingerprint density at radius 1 is 1.25 bits per heavy atom. The van der Waals surface area contributed by atoms with Gasteiger partial charge in [0.25, 0.3) is 0 Å². The number of rotatable bonds is 3. The third-order valence-corrected chi connectivity index (χ3v) is 4.75. The van der Waals surface area contributed by atoms with Gasteiger partial charge in [0.15, 0.2) is 0 Å². The lowest BCUT2D eigenvalue weighted by molar-refractivity contribution is -0.189. The summed E-state index contributed by atoms with van der Waals surface area (Å²) in [6.45, 7) is 6.94. The number of ether oxygens (including phenoxy) is 1. The number of methoxy groups -OCH3 is 1. The van der Waals surface area contributed by atoms with Crippen LogP contribution in [0.25, 0.3) is 0 Å². The summed E-state index contributed by atoms with van der Waals surface area (Å²) in [6, 6.07) is 0. The zero-order chi connectivity index (χ0) is 15.8. The van der Waals surface area contributed by atoms with Gasteiger partial charge in [-0.05, 0) is 37.2 Å². The second-order valence-corrected chi connectivity index (χ2v) is 6.79. The molecule has 114 valence electrons. The normalized spacial score (nSPS) is 33.0. The topological polar surface area (TPSA) is 83.8 Å². The van der Waals surface area contributed by atoms with Gasteiger partial charge in [-0.1, -0.05) is 20.8 Å². The molecule has 1 aliphatic carbocycles.